The van der Waals surface area contributed by atoms with Crippen molar-refractivity contribution in [1.82, 2.24) is 4.98 Å². The fourth-order valence-electron chi connectivity index (χ4n) is 3.30. The molecule has 27 heavy (non-hydrogen) atoms. The number of aryl methyl sites for hydroxylation is 1. The highest BCUT2D eigenvalue weighted by Gasteiger charge is 2.34. The Hall–Kier alpha value is -3.24. The zero-order chi connectivity index (χ0) is 18.9. The average Bonchev–Trinajstić information content (AvgIpc) is 3.00. The summed E-state index contributed by atoms with van der Waals surface area (Å²) in [7, 11) is -3.76. The van der Waals surface area contributed by atoms with E-state index in [0.717, 1.165) is 17.4 Å². The quantitative estimate of drug-likeness (QED) is 0.699. The molecule has 0 aliphatic carbocycles. The Balaban J connectivity index is 1.67. The van der Waals surface area contributed by atoms with E-state index in [4.69, 9.17) is 0 Å². The summed E-state index contributed by atoms with van der Waals surface area (Å²) in [5, 5.41) is 10.6. The van der Waals surface area contributed by atoms with Crippen LogP contribution in [0.3, 0.4) is 0 Å². The highest BCUT2D eigenvalue weighted by atomic mass is 32.2. The summed E-state index contributed by atoms with van der Waals surface area (Å²) in [5.74, 6) is 0. The summed E-state index contributed by atoms with van der Waals surface area (Å²) in [6, 6.07) is 18.6. The molecule has 1 aromatic heterocycles. The lowest BCUT2D eigenvalue weighted by molar-refractivity contribution is 0.591. The number of nitriles is 1. The summed E-state index contributed by atoms with van der Waals surface area (Å²) >= 11 is 0. The van der Waals surface area contributed by atoms with Crippen LogP contribution in [0.5, 0.6) is 0 Å². The van der Waals surface area contributed by atoms with Gasteiger partial charge in [-0.05, 0) is 48.1 Å². The minimum Gasteiger partial charge on any atom is -0.245 e. The van der Waals surface area contributed by atoms with E-state index in [9.17, 15) is 13.7 Å². The Labute approximate surface area is 157 Å². The molecule has 4 rings (SSSR count). The van der Waals surface area contributed by atoms with Crippen molar-refractivity contribution >= 4 is 32.9 Å². The predicted molar refractivity (Wildman–Crippen MR) is 105 cm³/mol. The second kappa shape index (κ2) is 6.82. The minimum absolute atomic E-state index is 0.320. The molecule has 1 aliphatic rings. The number of hydrogen-bond donors (Lipinski definition) is 0. The maximum Gasteiger partial charge on any atom is 0.345 e. The van der Waals surface area contributed by atoms with Gasteiger partial charge in [0.25, 0.3) is 0 Å². The third kappa shape index (κ3) is 3.27. The van der Waals surface area contributed by atoms with Gasteiger partial charge in [-0.3, -0.25) is 0 Å². The summed E-state index contributed by atoms with van der Waals surface area (Å²) in [4.78, 5) is 4.04. The van der Waals surface area contributed by atoms with E-state index in [2.05, 4.69) is 15.5 Å². The molecule has 0 fully saturated rings. The van der Waals surface area contributed by atoms with Crippen LogP contribution in [0, 0.1) is 11.3 Å². The molecule has 0 bridgehead atoms. The van der Waals surface area contributed by atoms with Crippen LogP contribution in [0.25, 0.3) is 10.8 Å². The van der Waals surface area contributed by atoms with Crippen molar-refractivity contribution in [2.45, 2.75) is 18.9 Å². The van der Waals surface area contributed by atoms with Gasteiger partial charge in [0.05, 0.1) is 11.7 Å². The van der Waals surface area contributed by atoms with Crippen LogP contribution < -0.4 is 4.31 Å². The molecule has 0 saturated carbocycles. The SMILES string of the molecule is N#Cc1nccc2cc(N3[C@H](CCc4ccccc4)C=NS3(=O)=O)ccc12. The molecule has 2 heterocycles. The molecule has 2 aromatic carbocycles. The van der Waals surface area contributed by atoms with Crippen molar-refractivity contribution < 1.29 is 8.42 Å². The Morgan fingerprint density at radius 1 is 1.11 bits per heavy atom. The second-order valence-corrected chi connectivity index (χ2v) is 7.80. The van der Waals surface area contributed by atoms with E-state index in [-0.39, 0.29) is 6.04 Å². The molecule has 0 amide bonds. The molecule has 1 aliphatic heterocycles. The number of aromatic nitrogens is 1. The molecule has 0 unspecified atom stereocenters. The number of benzene rings is 2. The van der Waals surface area contributed by atoms with Crippen molar-refractivity contribution in [3.63, 3.8) is 0 Å². The maximum absolute atomic E-state index is 12.5. The lowest BCUT2D eigenvalue weighted by Gasteiger charge is -2.24. The van der Waals surface area contributed by atoms with Gasteiger partial charge >= 0.3 is 10.2 Å². The summed E-state index contributed by atoms with van der Waals surface area (Å²) in [5.41, 5.74) is 2.01. The first-order valence-electron chi connectivity index (χ1n) is 8.51. The lowest BCUT2D eigenvalue weighted by atomic mass is 10.0. The van der Waals surface area contributed by atoms with E-state index < -0.39 is 10.2 Å². The van der Waals surface area contributed by atoms with Crippen LogP contribution >= 0.6 is 0 Å². The molecule has 3 aromatic rings. The van der Waals surface area contributed by atoms with Crippen molar-refractivity contribution in [3.8, 4) is 6.07 Å². The standard InChI is InChI=1S/C20H16N4O2S/c21-13-20-19-9-8-17(12-16(19)10-11-22-20)24-18(14-23-27(24,25)26)7-6-15-4-2-1-3-5-15/h1-5,8-12,14,18H,6-7H2/t18-/m1/s1. The van der Waals surface area contributed by atoms with Gasteiger partial charge in [-0.2, -0.15) is 18.1 Å². The van der Waals surface area contributed by atoms with Gasteiger partial charge in [-0.15, -0.1) is 0 Å². The topological polar surface area (TPSA) is 86.4 Å². The predicted octanol–water partition coefficient (Wildman–Crippen LogP) is 3.24. The summed E-state index contributed by atoms with van der Waals surface area (Å²) in [6.07, 6.45) is 4.42. The molecular formula is C20H16N4O2S. The Morgan fingerprint density at radius 3 is 2.70 bits per heavy atom. The third-order valence-corrected chi connectivity index (χ3v) is 5.96. The van der Waals surface area contributed by atoms with Gasteiger partial charge in [-0.25, -0.2) is 9.29 Å². The molecule has 0 spiro atoms. The zero-order valence-corrected chi connectivity index (χ0v) is 15.2. The van der Waals surface area contributed by atoms with Gasteiger partial charge in [0, 0.05) is 17.8 Å². The summed E-state index contributed by atoms with van der Waals surface area (Å²) in [6.45, 7) is 0. The Kier molecular flexibility index (Phi) is 4.34. The highest BCUT2D eigenvalue weighted by Crippen LogP contribution is 2.30. The number of rotatable bonds is 4. The van der Waals surface area contributed by atoms with Crippen molar-refractivity contribution in [3.05, 3.63) is 72.1 Å². The smallest absolute Gasteiger partial charge is 0.245 e. The number of fused-ring (bicyclic) bond motifs is 1. The highest BCUT2D eigenvalue weighted by molar-refractivity contribution is 7.92. The van der Waals surface area contributed by atoms with Gasteiger partial charge in [-0.1, -0.05) is 30.3 Å². The first kappa shape index (κ1) is 17.2. The molecule has 134 valence electrons. The van der Waals surface area contributed by atoms with Crippen LogP contribution in [0.1, 0.15) is 17.7 Å². The van der Waals surface area contributed by atoms with Crippen molar-refractivity contribution in [2.75, 3.05) is 4.31 Å². The van der Waals surface area contributed by atoms with Gasteiger partial charge in [0.15, 0.2) is 0 Å². The van der Waals surface area contributed by atoms with E-state index in [1.807, 2.05) is 30.3 Å². The van der Waals surface area contributed by atoms with Crippen LogP contribution in [-0.2, 0) is 16.6 Å². The van der Waals surface area contributed by atoms with Crippen LogP contribution in [0.2, 0.25) is 0 Å². The zero-order valence-electron chi connectivity index (χ0n) is 14.4. The number of pyridine rings is 1. The molecule has 6 nitrogen and oxygen atoms in total. The molecule has 7 heteroatoms. The molecule has 0 radical (unpaired) electrons. The summed E-state index contributed by atoms with van der Waals surface area (Å²) < 4.78 is 30.1. The number of anilines is 1. The molecule has 1 atom stereocenters. The molecule has 0 N–H and O–H groups in total. The van der Waals surface area contributed by atoms with E-state index in [1.165, 1.54) is 10.5 Å². The first-order chi connectivity index (χ1) is 13.1. The largest absolute Gasteiger partial charge is 0.345 e. The Bertz CT molecular complexity index is 1170. The minimum atomic E-state index is -3.76. The number of hydrogen-bond acceptors (Lipinski definition) is 4. The van der Waals surface area contributed by atoms with Crippen LogP contribution in [-0.4, -0.2) is 25.7 Å². The Morgan fingerprint density at radius 2 is 1.93 bits per heavy atom. The van der Waals surface area contributed by atoms with Gasteiger partial charge in [0.2, 0.25) is 0 Å². The third-order valence-electron chi connectivity index (χ3n) is 4.60. The first-order valence-corrected chi connectivity index (χ1v) is 9.91. The maximum atomic E-state index is 12.5. The normalized spacial score (nSPS) is 17.9. The monoisotopic (exact) mass is 376 g/mol. The van der Waals surface area contributed by atoms with Crippen molar-refractivity contribution in [2.24, 2.45) is 4.40 Å². The fraction of sp³-hybridized carbons (Fsp3) is 0.150. The van der Waals surface area contributed by atoms with E-state index in [0.29, 0.717) is 23.2 Å². The van der Waals surface area contributed by atoms with Crippen LogP contribution in [0.4, 0.5) is 5.69 Å². The van der Waals surface area contributed by atoms with Gasteiger partial charge in [0.1, 0.15) is 11.8 Å². The lowest BCUT2D eigenvalue weighted by Crippen LogP contribution is -2.35. The number of nitrogens with zero attached hydrogens (tertiary/aromatic N) is 4. The van der Waals surface area contributed by atoms with Crippen molar-refractivity contribution in [1.29, 1.82) is 5.26 Å². The average molecular weight is 376 g/mol. The van der Waals surface area contributed by atoms with E-state index in [1.54, 1.807) is 30.5 Å². The molecule has 0 saturated heterocycles. The second-order valence-electron chi connectivity index (χ2n) is 6.30. The van der Waals surface area contributed by atoms with Crippen LogP contribution in [0.15, 0.2) is 65.2 Å². The van der Waals surface area contributed by atoms with Gasteiger partial charge < -0.3 is 0 Å². The molecular weight excluding hydrogens is 360 g/mol. The van der Waals surface area contributed by atoms with E-state index >= 15 is 0 Å². The fourth-order valence-corrected chi connectivity index (χ4v) is 4.57.